The lowest BCUT2D eigenvalue weighted by Crippen LogP contribution is -2.16. The fraction of sp³-hybridized carbons (Fsp3) is 0.312. The molecule has 1 aromatic carbocycles. The molecule has 2 aromatic rings. The highest BCUT2D eigenvalue weighted by Crippen LogP contribution is 2.41. The second kappa shape index (κ2) is 4.71. The third kappa shape index (κ3) is 1.97. The monoisotopic (exact) mass is 268 g/mol. The highest BCUT2D eigenvalue weighted by Gasteiger charge is 2.26. The Morgan fingerprint density at radius 1 is 1.10 bits per heavy atom. The van der Waals surface area contributed by atoms with Crippen LogP contribution in [0.3, 0.4) is 0 Å². The molecule has 1 aromatic heterocycles. The number of ether oxygens (including phenoxy) is 2. The molecule has 4 nitrogen and oxygen atoms in total. The molecule has 0 spiro atoms. The Morgan fingerprint density at radius 3 is 2.75 bits per heavy atom. The minimum absolute atomic E-state index is 0.302. The van der Waals surface area contributed by atoms with E-state index in [0.717, 1.165) is 30.2 Å². The Morgan fingerprint density at radius 2 is 1.95 bits per heavy atom. The molecule has 102 valence electrons. The van der Waals surface area contributed by atoms with Crippen LogP contribution in [-0.4, -0.2) is 18.2 Å². The molecule has 20 heavy (non-hydrogen) atoms. The molecule has 0 bridgehead atoms. The van der Waals surface area contributed by atoms with E-state index < -0.39 is 0 Å². The van der Waals surface area contributed by atoms with E-state index in [1.807, 2.05) is 24.4 Å². The van der Waals surface area contributed by atoms with Crippen LogP contribution < -0.4 is 14.8 Å². The largest absolute Gasteiger partial charge is 0.486 e. The summed E-state index contributed by atoms with van der Waals surface area (Å²) in [5.74, 6) is 2.67. The second-order valence-corrected chi connectivity index (χ2v) is 5.15. The highest BCUT2D eigenvalue weighted by atomic mass is 16.6. The average Bonchev–Trinajstić information content (AvgIpc) is 2.88. The van der Waals surface area contributed by atoms with Gasteiger partial charge in [0.1, 0.15) is 19.0 Å². The zero-order valence-corrected chi connectivity index (χ0v) is 11.1. The van der Waals surface area contributed by atoms with Crippen LogP contribution in [0.25, 0.3) is 0 Å². The molecular formula is C16H16N2O2. The minimum atomic E-state index is 0.302. The first-order valence-corrected chi connectivity index (χ1v) is 7.00. The summed E-state index contributed by atoms with van der Waals surface area (Å²) in [6.45, 7) is 1.27. The maximum Gasteiger partial charge on any atom is 0.161 e. The summed E-state index contributed by atoms with van der Waals surface area (Å²) >= 11 is 0. The van der Waals surface area contributed by atoms with Crippen LogP contribution in [0.2, 0.25) is 0 Å². The van der Waals surface area contributed by atoms with Crippen molar-refractivity contribution in [2.24, 2.45) is 0 Å². The van der Waals surface area contributed by atoms with Crippen LogP contribution in [0.5, 0.6) is 11.5 Å². The summed E-state index contributed by atoms with van der Waals surface area (Å²) in [7, 11) is 0. The first-order valence-electron chi connectivity index (χ1n) is 7.00. The number of fused-ring (bicyclic) bond motifs is 2. The van der Waals surface area contributed by atoms with Gasteiger partial charge in [-0.3, -0.25) is 0 Å². The Kier molecular flexibility index (Phi) is 2.73. The van der Waals surface area contributed by atoms with Crippen molar-refractivity contribution in [3.05, 3.63) is 47.7 Å². The molecule has 0 saturated carbocycles. The molecule has 0 amide bonds. The number of benzene rings is 1. The fourth-order valence-corrected chi connectivity index (χ4v) is 2.92. The van der Waals surface area contributed by atoms with Crippen LogP contribution in [0.15, 0.2) is 36.5 Å². The zero-order chi connectivity index (χ0) is 13.4. The molecule has 0 fully saturated rings. The van der Waals surface area contributed by atoms with Crippen LogP contribution in [0.1, 0.15) is 23.6 Å². The second-order valence-electron chi connectivity index (χ2n) is 5.15. The first-order chi connectivity index (χ1) is 9.90. The lowest BCUT2D eigenvalue weighted by atomic mass is 10.1. The molecule has 0 saturated heterocycles. The van der Waals surface area contributed by atoms with Gasteiger partial charge in [-0.05, 0) is 48.2 Å². The molecule has 1 atom stereocenters. The molecule has 4 rings (SSSR count). The molecule has 2 heterocycles. The number of nitrogens with one attached hydrogen (secondary N) is 1. The predicted molar refractivity (Wildman–Crippen MR) is 76.4 cm³/mol. The van der Waals surface area contributed by atoms with E-state index in [9.17, 15) is 0 Å². The first kappa shape index (κ1) is 11.6. The third-order valence-corrected chi connectivity index (χ3v) is 3.87. The molecule has 2 aliphatic rings. The minimum Gasteiger partial charge on any atom is -0.486 e. The number of hydrogen-bond donors (Lipinski definition) is 1. The van der Waals surface area contributed by atoms with Crippen LogP contribution in [0, 0.1) is 0 Å². The van der Waals surface area contributed by atoms with Crippen LogP contribution >= 0.6 is 0 Å². The molecule has 1 N–H and O–H groups in total. The van der Waals surface area contributed by atoms with Crippen molar-refractivity contribution in [2.45, 2.75) is 18.9 Å². The van der Waals surface area contributed by atoms with E-state index in [4.69, 9.17) is 9.47 Å². The van der Waals surface area contributed by atoms with Gasteiger partial charge < -0.3 is 14.8 Å². The Labute approximate surface area is 117 Å². The summed E-state index contributed by atoms with van der Waals surface area (Å²) in [6, 6.07) is 10.5. The fourth-order valence-electron chi connectivity index (χ4n) is 2.92. The molecule has 0 radical (unpaired) electrons. The lowest BCUT2D eigenvalue weighted by Gasteiger charge is -2.21. The predicted octanol–water partition coefficient (Wildman–Crippen LogP) is 2.95. The number of nitrogens with zero attached hydrogens (tertiary/aromatic N) is 1. The van der Waals surface area contributed by atoms with Crippen LogP contribution in [0.4, 0.5) is 5.82 Å². The number of aromatic nitrogens is 1. The summed E-state index contributed by atoms with van der Waals surface area (Å²) < 4.78 is 11.3. The molecular weight excluding hydrogens is 252 g/mol. The Hall–Kier alpha value is -2.23. The van der Waals surface area contributed by atoms with E-state index >= 15 is 0 Å². The Balaban J connectivity index is 1.64. The number of aryl methyl sites for hydroxylation is 1. The molecule has 1 aliphatic carbocycles. The maximum atomic E-state index is 5.68. The van der Waals surface area contributed by atoms with Gasteiger partial charge in [0.25, 0.3) is 0 Å². The van der Waals surface area contributed by atoms with Gasteiger partial charge in [-0.25, -0.2) is 4.98 Å². The number of pyridine rings is 1. The van der Waals surface area contributed by atoms with E-state index in [0.29, 0.717) is 19.3 Å². The Bertz CT molecular complexity index is 628. The highest BCUT2D eigenvalue weighted by molar-refractivity contribution is 5.53. The van der Waals surface area contributed by atoms with E-state index in [2.05, 4.69) is 22.4 Å². The van der Waals surface area contributed by atoms with Crippen molar-refractivity contribution in [1.82, 2.24) is 4.98 Å². The van der Waals surface area contributed by atoms with E-state index in [-0.39, 0.29) is 0 Å². The normalized spacial score (nSPS) is 19.5. The van der Waals surface area contributed by atoms with Crippen LogP contribution in [-0.2, 0) is 6.42 Å². The number of rotatable bonds is 2. The zero-order valence-electron chi connectivity index (χ0n) is 11.1. The van der Waals surface area contributed by atoms with Gasteiger partial charge in [0, 0.05) is 6.20 Å². The van der Waals surface area contributed by atoms with Crippen molar-refractivity contribution in [2.75, 3.05) is 18.5 Å². The quantitative estimate of drug-likeness (QED) is 0.909. The van der Waals surface area contributed by atoms with Crippen molar-refractivity contribution in [3.63, 3.8) is 0 Å². The summed E-state index contributed by atoms with van der Waals surface area (Å²) in [4.78, 5) is 4.34. The van der Waals surface area contributed by atoms with Gasteiger partial charge in [-0.15, -0.1) is 0 Å². The van der Waals surface area contributed by atoms with Gasteiger partial charge in [0.15, 0.2) is 11.5 Å². The van der Waals surface area contributed by atoms with Gasteiger partial charge in [0.05, 0.1) is 6.04 Å². The van der Waals surface area contributed by atoms with Crippen molar-refractivity contribution >= 4 is 5.82 Å². The standard InChI is InChI=1S/C16H16N2O2/c1-2-6-17-16(3-1)18-13-5-4-11-9-14-15(10-12(11)13)20-8-7-19-14/h1-3,6,9-10,13H,4-5,7-8H2,(H,17,18). The molecule has 1 unspecified atom stereocenters. The van der Waals surface area contributed by atoms with Gasteiger partial charge >= 0.3 is 0 Å². The maximum absolute atomic E-state index is 5.68. The number of hydrogen-bond acceptors (Lipinski definition) is 4. The molecule has 1 aliphatic heterocycles. The van der Waals surface area contributed by atoms with E-state index in [1.54, 1.807) is 0 Å². The topological polar surface area (TPSA) is 43.4 Å². The van der Waals surface area contributed by atoms with Gasteiger partial charge in [0.2, 0.25) is 0 Å². The summed E-state index contributed by atoms with van der Waals surface area (Å²) in [5, 5.41) is 3.50. The SMILES string of the molecule is c1ccc(NC2CCc3cc4c(cc32)OCCO4)nc1. The van der Waals surface area contributed by atoms with Gasteiger partial charge in [-0.1, -0.05) is 6.07 Å². The third-order valence-electron chi connectivity index (χ3n) is 3.87. The van der Waals surface area contributed by atoms with E-state index in [1.165, 1.54) is 11.1 Å². The number of anilines is 1. The summed E-state index contributed by atoms with van der Waals surface area (Å²) in [6.07, 6.45) is 3.95. The molecule has 4 heteroatoms. The summed E-state index contributed by atoms with van der Waals surface area (Å²) in [5.41, 5.74) is 2.66. The average molecular weight is 268 g/mol. The smallest absolute Gasteiger partial charge is 0.161 e. The lowest BCUT2D eigenvalue weighted by molar-refractivity contribution is 0.171. The van der Waals surface area contributed by atoms with Gasteiger partial charge in [-0.2, -0.15) is 0 Å². The van der Waals surface area contributed by atoms with Crippen molar-refractivity contribution in [1.29, 1.82) is 0 Å². The van der Waals surface area contributed by atoms with Crippen molar-refractivity contribution < 1.29 is 9.47 Å². The van der Waals surface area contributed by atoms with Crippen molar-refractivity contribution in [3.8, 4) is 11.5 Å².